The van der Waals surface area contributed by atoms with Crippen LogP contribution in [0, 0.1) is 10.1 Å². The summed E-state index contributed by atoms with van der Waals surface area (Å²) in [4.78, 5) is 25.8. The van der Waals surface area contributed by atoms with E-state index in [0.717, 1.165) is 0 Å². The first-order valence-electron chi connectivity index (χ1n) is 5.44. The van der Waals surface area contributed by atoms with Crippen LogP contribution in [-0.2, 0) is 4.74 Å². The number of pyridine rings is 1. The van der Waals surface area contributed by atoms with Crippen LogP contribution < -0.4 is 0 Å². The lowest BCUT2D eigenvalue weighted by Crippen LogP contribution is -2.07. The quantitative estimate of drug-likeness (QED) is 0.490. The average Bonchev–Trinajstić information content (AvgIpc) is 2.38. The van der Waals surface area contributed by atoms with Crippen molar-refractivity contribution in [2.75, 3.05) is 6.61 Å². The van der Waals surface area contributed by atoms with Crippen molar-refractivity contribution >= 4 is 34.2 Å². The smallest absolute Gasteiger partial charge is 0.356 e. The van der Waals surface area contributed by atoms with Gasteiger partial charge in [-0.15, -0.1) is 0 Å². The second-order valence-electron chi connectivity index (χ2n) is 3.67. The van der Waals surface area contributed by atoms with Crippen LogP contribution >= 0.6 is 11.6 Å². The van der Waals surface area contributed by atoms with E-state index >= 15 is 0 Å². The van der Waals surface area contributed by atoms with Gasteiger partial charge < -0.3 is 4.74 Å². The first-order valence-corrected chi connectivity index (χ1v) is 5.82. The fourth-order valence-corrected chi connectivity index (χ4v) is 1.86. The number of aromatic nitrogens is 1. The number of rotatable bonds is 3. The summed E-state index contributed by atoms with van der Waals surface area (Å²) >= 11 is 6.02. The number of carbonyl (C=O) groups is 1. The first kappa shape index (κ1) is 13.2. The number of ether oxygens (including phenoxy) is 1. The number of carbonyl (C=O) groups excluding carboxylic acids is 1. The SMILES string of the molecule is CCOC(=O)c1cc(Cl)c2ccc([N+](=O)[O-])cc2n1. The topological polar surface area (TPSA) is 82.3 Å². The Balaban J connectivity index is 2.59. The molecular weight excluding hydrogens is 272 g/mol. The molecular formula is C12H9ClN2O4. The summed E-state index contributed by atoms with van der Waals surface area (Å²) in [5.74, 6) is -0.613. The van der Waals surface area contributed by atoms with Crippen molar-refractivity contribution in [3.63, 3.8) is 0 Å². The lowest BCUT2D eigenvalue weighted by Gasteiger charge is -2.04. The molecule has 0 aliphatic rings. The zero-order valence-corrected chi connectivity index (χ0v) is 10.7. The van der Waals surface area contributed by atoms with E-state index in [-0.39, 0.29) is 23.5 Å². The van der Waals surface area contributed by atoms with Crippen LogP contribution in [0.15, 0.2) is 24.3 Å². The summed E-state index contributed by atoms with van der Waals surface area (Å²) in [7, 11) is 0. The third kappa shape index (κ3) is 2.63. The van der Waals surface area contributed by atoms with Crippen molar-refractivity contribution in [1.29, 1.82) is 0 Å². The molecule has 0 unspecified atom stereocenters. The first-order chi connectivity index (χ1) is 9.02. The summed E-state index contributed by atoms with van der Waals surface area (Å²) in [6.45, 7) is 1.89. The standard InChI is InChI=1S/C12H9ClN2O4/c1-2-19-12(16)11-6-9(13)8-4-3-7(15(17)18)5-10(8)14-11/h3-6H,2H2,1H3. The third-order valence-electron chi connectivity index (χ3n) is 2.44. The highest BCUT2D eigenvalue weighted by molar-refractivity contribution is 6.35. The van der Waals surface area contributed by atoms with E-state index < -0.39 is 10.9 Å². The van der Waals surface area contributed by atoms with Crippen molar-refractivity contribution in [2.24, 2.45) is 0 Å². The van der Waals surface area contributed by atoms with Crippen molar-refractivity contribution in [2.45, 2.75) is 6.92 Å². The summed E-state index contributed by atoms with van der Waals surface area (Å²) in [6.07, 6.45) is 0. The minimum atomic E-state index is -0.613. The molecule has 0 fully saturated rings. The van der Waals surface area contributed by atoms with Crippen molar-refractivity contribution < 1.29 is 14.5 Å². The number of nitrogens with zero attached hydrogens (tertiary/aromatic N) is 2. The van der Waals surface area contributed by atoms with Gasteiger partial charge in [0.2, 0.25) is 0 Å². The largest absolute Gasteiger partial charge is 0.461 e. The van der Waals surface area contributed by atoms with Crippen molar-refractivity contribution in [3.05, 3.63) is 45.1 Å². The Hall–Kier alpha value is -2.21. The van der Waals surface area contributed by atoms with E-state index in [1.165, 1.54) is 24.3 Å². The normalized spacial score (nSPS) is 10.4. The molecule has 2 aromatic rings. The molecule has 0 atom stereocenters. The molecule has 1 aromatic heterocycles. The number of non-ortho nitro benzene ring substituents is 1. The van der Waals surface area contributed by atoms with Crippen LogP contribution in [0.2, 0.25) is 5.02 Å². The predicted molar refractivity (Wildman–Crippen MR) is 69.4 cm³/mol. The predicted octanol–water partition coefficient (Wildman–Crippen LogP) is 2.97. The molecule has 0 N–H and O–H groups in total. The maximum absolute atomic E-state index is 11.6. The highest BCUT2D eigenvalue weighted by Crippen LogP contribution is 2.26. The molecule has 1 heterocycles. The molecule has 0 saturated carbocycles. The monoisotopic (exact) mass is 280 g/mol. The van der Waals surface area contributed by atoms with Crippen molar-refractivity contribution in [3.8, 4) is 0 Å². The molecule has 6 nitrogen and oxygen atoms in total. The summed E-state index contributed by atoms with van der Waals surface area (Å²) in [5.41, 5.74) is 0.196. The molecule has 0 aliphatic carbocycles. The van der Waals surface area contributed by atoms with Crippen LogP contribution in [0.3, 0.4) is 0 Å². The molecule has 98 valence electrons. The van der Waals surface area contributed by atoms with Gasteiger partial charge in [0.15, 0.2) is 5.69 Å². The fraction of sp³-hybridized carbons (Fsp3) is 0.167. The number of nitro benzene ring substituents is 1. The Morgan fingerprint density at radius 2 is 2.21 bits per heavy atom. The third-order valence-corrected chi connectivity index (χ3v) is 2.75. The Kier molecular flexibility index (Phi) is 3.62. The van der Waals surface area contributed by atoms with Gasteiger partial charge in [-0.05, 0) is 19.1 Å². The minimum absolute atomic E-state index is 0.0276. The second kappa shape index (κ2) is 5.19. The van der Waals surface area contributed by atoms with Gasteiger partial charge in [-0.3, -0.25) is 10.1 Å². The molecule has 0 saturated heterocycles. The number of esters is 1. The van der Waals surface area contributed by atoms with Gasteiger partial charge in [0.05, 0.1) is 22.1 Å². The van der Waals surface area contributed by atoms with Crippen LogP contribution in [0.5, 0.6) is 0 Å². The van der Waals surface area contributed by atoms with Crippen LogP contribution in [0.4, 0.5) is 5.69 Å². The molecule has 0 spiro atoms. The van der Waals surface area contributed by atoms with E-state index in [1.807, 2.05) is 0 Å². The second-order valence-corrected chi connectivity index (χ2v) is 4.08. The van der Waals surface area contributed by atoms with Crippen molar-refractivity contribution in [1.82, 2.24) is 4.98 Å². The van der Waals surface area contributed by atoms with Gasteiger partial charge in [-0.25, -0.2) is 9.78 Å². The number of nitro groups is 1. The van der Waals surface area contributed by atoms with Crippen LogP contribution in [-0.4, -0.2) is 22.5 Å². The van der Waals surface area contributed by atoms with Gasteiger partial charge in [0, 0.05) is 17.5 Å². The highest BCUT2D eigenvalue weighted by atomic mass is 35.5. The fourth-order valence-electron chi connectivity index (χ4n) is 1.60. The number of fused-ring (bicyclic) bond motifs is 1. The van der Waals surface area contributed by atoms with E-state index in [2.05, 4.69) is 4.98 Å². The summed E-state index contributed by atoms with van der Waals surface area (Å²) in [5, 5.41) is 11.5. The molecule has 0 bridgehead atoms. The highest BCUT2D eigenvalue weighted by Gasteiger charge is 2.14. The number of benzene rings is 1. The van der Waals surface area contributed by atoms with E-state index in [9.17, 15) is 14.9 Å². The molecule has 0 aliphatic heterocycles. The summed E-state index contributed by atoms with van der Waals surface area (Å²) < 4.78 is 4.82. The zero-order valence-electron chi connectivity index (χ0n) is 9.92. The Morgan fingerprint density at radius 1 is 1.47 bits per heavy atom. The van der Waals surface area contributed by atoms with Gasteiger partial charge in [0.1, 0.15) is 0 Å². The van der Waals surface area contributed by atoms with Crippen LogP contribution in [0.1, 0.15) is 17.4 Å². The Morgan fingerprint density at radius 3 is 2.84 bits per heavy atom. The molecule has 19 heavy (non-hydrogen) atoms. The minimum Gasteiger partial charge on any atom is -0.461 e. The molecule has 0 radical (unpaired) electrons. The summed E-state index contributed by atoms with van der Waals surface area (Å²) in [6, 6.07) is 5.48. The van der Waals surface area contributed by atoms with Gasteiger partial charge in [0.25, 0.3) is 5.69 Å². The molecule has 0 amide bonds. The molecule has 7 heteroatoms. The van der Waals surface area contributed by atoms with Gasteiger partial charge in [-0.2, -0.15) is 0 Å². The van der Waals surface area contributed by atoms with Gasteiger partial charge >= 0.3 is 5.97 Å². The number of hydrogen-bond acceptors (Lipinski definition) is 5. The van der Waals surface area contributed by atoms with Gasteiger partial charge in [-0.1, -0.05) is 11.6 Å². The lowest BCUT2D eigenvalue weighted by molar-refractivity contribution is -0.384. The maximum Gasteiger partial charge on any atom is 0.356 e. The Labute approximate surface area is 113 Å². The molecule has 1 aromatic carbocycles. The van der Waals surface area contributed by atoms with E-state index in [4.69, 9.17) is 16.3 Å². The lowest BCUT2D eigenvalue weighted by atomic mass is 10.2. The Bertz CT molecular complexity index is 672. The molecule has 2 rings (SSSR count). The number of halogens is 1. The van der Waals surface area contributed by atoms with E-state index in [1.54, 1.807) is 6.92 Å². The average molecular weight is 281 g/mol. The van der Waals surface area contributed by atoms with E-state index in [0.29, 0.717) is 10.4 Å². The number of hydrogen-bond donors (Lipinski definition) is 0. The zero-order chi connectivity index (χ0) is 14.0. The van der Waals surface area contributed by atoms with Crippen LogP contribution in [0.25, 0.3) is 10.9 Å². The maximum atomic E-state index is 11.6.